The lowest BCUT2D eigenvalue weighted by Crippen LogP contribution is -2.30. The molecule has 0 aliphatic rings. The second kappa shape index (κ2) is 72.4. The van der Waals surface area contributed by atoms with Gasteiger partial charge in [0.2, 0.25) is 0 Å². The minimum atomic E-state index is -4.97. The van der Waals surface area contributed by atoms with Crippen LogP contribution in [0.5, 0.6) is 0 Å². The molecule has 19 heteroatoms. The predicted molar refractivity (Wildman–Crippen MR) is 400 cm³/mol. The maximum Gasteiger partial charge on any atom is 0.472 e. The second-order valence-electron chi connectivity index (χ2n) is 27.0. The van der Waals surface area contributed by atoms with Gasteiger partial charge >= 0.3 is 39.5 Å². The first-order valence-corrected chi connectivity index (χ1v) is 42.9. The molecule has 3 N–H and O–H groups in total. The minimum absolute atomic E-state index is 0.0917. The zero-order valence-electron chi connectivity index (χ0n) is 62.7. The molecule has 98 heavy (non-hydrogen) atoms. The molecule has 0 aromatic rings. The number of allylic oxidation sites excluding steroid dienone is 8. The molecule has 0 bridgehead atoms. The number of aliphatic hydroxyl groups is 1. The summed E-state index contributed by atoms with van der Waals surface area (Å²) in [7, 11) is -9.93. The van der Waals surface area contributed by atoms with Crippen molar-refractivity contribution >= 4 is 39.5 Å². The molecule has 0 saturated carbocycles. The Balaban J connectivity index is 5.27. The van der Waals surface area contributed by atoms with Gasteiger partial charge in [-0.1, -0.05) is 307 Å². The van der Waals surface area contributed by atoms with E-state index >= 15 is 0 Å². The Morgan fingerprint density at radius 3 is 0.806 bits per heavy atom. The number of phosphoric ester groups is 2. The van der Waals surface area contributed by atoms with Crippen molar-refractivity contribution < 1.29 is 80.2 Å². The molecule has 0 saturated heterocycles. The van der Waals surface area contributed by atoms with E-state index in [-0.39, 0.29) is 25.7 Å². The van der Waals surface area contributed by atoms with Gasteiger partial charge < -0.3 is 33.8 Å². The summed E-state index contributed by atoms with van der Waals surface area (Å²) in [5.74, 6) is -2.16. The van der Waals surface area contributed by atoms with E-state index < -0.39 is 97.5 Å². The molecule has 0 rings (SSSR count). The first-order valence-electron chi connectivity index (χ1n) is 39.9. The van der Waals surface area contributed by atoms with E-state index in [1.165, 1.54) is 154 Å². The number of aliphatic hydroxyl groups excluding tert-OH is 1. The van der Waals surface area contributed by atoms with Crippen molar-refractivity contribution in [2.24, 2.45) is 0 Å². The molecular weight excluding hydrogens is 1280 g/mol. The largest absolute Gasteiger partial charge is 0.472 e. The zero-order valence-corrected chi connectivity index (χ0v) is 64.5. The third-order valence-corrected chi connectivity index (χ3v) is 19.2. The number of unbranched alkanes of at least 4 members (excludes halogenated alkanes) is 42. The zero-order chi connectivity index (χ0) is 71.8. The van der Waals surface area contributed by atoms with Gasteiger partial charge in [0.25, 0.3) is 0 Å². The van der Waals surface area contributed by atoms with E-state index in [1.54, 1.807) is 0 Å². The molecule has 574 valence electrons. The van der Waals surface area contributed by atoms with Crippen LogP contribution < -0.4 is 0 Å². The van der Waals surface area contributed by atoms with Crippen molar-refractivity contribution in [3.8, 4) is 0 Å². The Kier molecular flexibility index (Phi) is 70.2. The molecule has 0 radical (unpaired) electrons. The van der Waals surface area contributed by atoms with Crippen LogP contribution in [-0.2, 0) is 65.4 Å². The summed E-state index contributed by atoms with van der Waals surface area (Å²) in [5.41, 5.74) is 0. The Morgan fingerprint density at radius 1 is 0.286 bits per heavy atom. The maximum atomic E-state index is 13.1. The molecule has 5 unspecified atom stereocenters. The summed E-state index contributed by atoms with van der Waals surface area (Å²) < 4.78 is 68.5. The molecule has 5 atom stereocenters. The third-order valence-electron chi connectivity index (χ3n) is 17.3. The topological polar surface area (TPSA) is 237 Å². The number of hydrogen-bond acceptors (Lipinski definition) is 15. The first-order chi connectivity index (χ1) is 47.7. The Labute approximate surface area is 597 Å². The average molecular weight is 1430 g/mol. The summed E-state index contributed by atoms with van der Waals surface area (Å²) in [6, 6.07) is 0. The lowest BCUT2D eigenvalue weighted by atomic mass is 10.0. The fourth-order valence-corrected chi connectivity index (χ4v) is 12.7. The van der Waals surface area contributed by atoms with E-state index in [0.29, 0.717) is 25.7 Å². The van der Waals surface area contributed by atoms with Gasteiger partial charge in [0.1, 0.15) is 19.3 Å². The molecule has 0 amide bonds. The van der Waals surface area contributed by atoms with Crippen LogP contribution in [0.2, 0.25) is 0 Å². The third kappa shape index (κ3) is 71.4. The van der Waals surface area contributed by atoms with Gasteiger partial charge in [-0.25, -0.2) is 9.13 Å². The van der Waals surface area contributed by atoms with E-state index in [0.717, 1.165) is 141 Å². The molecule has 0 aromatic heterocycles. The van der Waals surface area contributed by atoms with Crippen LogP contribution in [0.3, 0.4) is 0 Å². The minimum Gasteiger partial charge on any atom is -0.462 e. The number of ether oxygens (including phenoxy) is 4. The average Bonchev–Trinajstić information content (AvgIpc) is 1.00. The van der Waals surface area contributed by atoms with Gasteiger partial charge in [-0.15, -0.1) is 0 Å². The van der Waals surface area contributed by atoms with Crippen LogP contribution in [-0.4, -0.2) is 96.7 Å². The SMILES string of the molecule is CCCCC/C=C\C/C=C\C/C=C\CCCCCCCCC(=O)OCC(COP(=O)(O)OCC(O)COP(=O)(O)OCC(COC(=O)CCCCCCCCCCCCCCCCC)OC(=O)CCCCCCC/C=C\CCCCCC)OC(=O)CCCCCCCCCCCCC. The first kappa shape index (κ1) is 95.0. The smallest absolute Gasteiger partial charge is 0.462 e. The van der Waals surface area contributed by atoms with Crippen LogP contribution in [0.15, 0.2) is 48.6 Å². The maximum absolute atomic E-state index is 13.1. The van der Waals surface area contributed by atoms with Gasteiger partial charge in [-0.05, 0) is 89.9 Å². The molecule has 0 aliphatic heterocycles. The van der Waals surface area contributed by atoms with Gasteiger partial charge in [0, 0.05) is 25.7 Å². The Bertz CT molecular complexity index is 2050. The highest BCUT2D eigenvalue weighted by Crippen LogP contribution is 2.45. The number of carbonyl (C=O) groups is 4. The van der Waals surface area contributed by atoms with Gasteiger partial charge in [0.15, 0.2) is 12.2 Å². The van der Waals surface area contributed by atoms with Crippen LogP contribution >= 0.6 is 15.6 Å². The fourth-order valence-electron chi connectivity index (χ4n) is 11.2. The monoisotopic (exact) mass is 1430 g/mol. The summed E-state index contributed by atoms with van der Waals surface area (Å²) in [4.78, 5) is 72.9. The van der Waals surface area contributed by atoms with Crippen LogP contribution in [0.4, 0.5) is 0 Å². The molecule has 0 aliphatic carbocycles. The molecule has 0 heterocycles. The Hall–Kier alpha value is -2.98. The predicted octanol–water partition coefficient (Wildman–Crippen LogP) is 22.9. The van der Waals surface area contributed by atoms with Crippen molar-refractivity contribution in [2.45, 2.75) is 393 Å². The van der Waals surface area contributed by atoms with Crippen molar-refractivity contribution in [1.82, 2.24) is 0 Å². The number of rotatable bonds is 76. The van der Waals surface area contributed by atoms with Gasteiger partial charge in [-0.3, -0.25) is 37.3 Å². The molecule has 17 nitrogen and oxygen atoms in total. The highest BCUT2D eigenvalue weighted by Gasteiger charge is 2.30. The second-order valence-corrected chi connectivity index (χ2v) is 29.9. The van der Waals surface area contributed by atoms with E-state index in [4.69, 9.17) is 37.0 Å². The Morgan fingerprint density at radius 2 is 0.500 bits per heavy atom. The number of phosphoric acid groups is 2. The number of carbonyl (C=O) groups excluding carboxylic acids is 4. The molecule has 0 spiro atoms. The van der Waals surface area contributed by atoms with Gasteiger partial charge in [0.05, 0.1) is 26.4 Å². The number of hydrogen-bond donors (Lipinski definition) is 3. The fraction of sp³-hybridized carbons (Fsp3) is 0.848. The lowest BCUT2D eigenvalue weighted by molar-refractivity contribution is -0.161. The summed E-state index contributed by atoms with van der Waals surface area (Å²) in [5, 5.41) is 10.6. The van der Waals surface area contributed by atoms with Crippen molar-refractivity contribution in [3.05, 3.63) is 48.6 Å². The standard InChI is InChI=1S/C79H146O17P2/c1-5-9-13-17-21-25-29-32-34-35-36-37-39-42-45-48-52-56-60-64-77(82)89-69-74(95-78(83)65-61-57-53-49-43-28-24-20-16-12-8-4)71-93-97(85,86)91-67-73(80)68-92-98(87,88)94-72-75(96-79(84)66-62-58-54-50-46-40-31-27-23-19-15-11-7-3)70-90-76(81)63-59-55-51-47-44-41-38-33-30-26-22-18-14-10-6-2/h21,25,27,31-32,34,36-37,73-75,80H,5-20,22-24,26,28-30,33,35,38-72H2,1-4H3,(H,85,86)(H,87,88)/b25-21-,31-27-,34-32-,37-36-. The van der Waals surface area contributed by atoms with Gasteiger partial charge in [-0.2, -0.15) is 0 Å². The highest BCUT2D eigenvalue weighted by atomic mass is 31.2. The normalized spacial score (nSPS) is 14.2. The van der Waals surface area contributed by atoms with Crippen LogP contribution in [0, 0.1) is 0 Å². The number of esters is 4. The lowest BCUT2D eigenvalue weighted by Gasteiger charge is -2.21. The molecular formula is C79H146O17P2. The van der Waals surface area contributed by atoms with Crippen LogP contribution in [0.1, 0.15) is 374 Å². The summed E-state index contributed by atoms with van der Waals surface area (Å²) in [6.07, 6.45) is 69.5. The van der Waals surface area contributed by atoms with Crippen molar-refractivity contribution in [1.29, 1.82) is 0 Å². The molecule has 0 fully saturated rings. The van der Waals surface area contributed by atoms with Crippen LogP contribution in [0.25, 0.3) is 0 Å². The van der Waals surface area contributed by atoms with E-state index in [1.807, 2.05) is 0 Å². The quantitative estimate of drug-likeness (QED) is 0.0169. The molecule has 0 aromatic carbocycles. The van der Waals surface area contributed by atoms with Crippen molar-refractivity contribution in [3.63, 3.8) is 0 Å². The highest BCUT2D eigenvalue weighted by molar-refractivity contribution is 7.47. The van der Waals surface area contributed by atoms with Crippen molar-refractivity contribution in [2.75, 3.05) is 39.6 Å². The summed E-state index contributed by atoms with van der Waals surface area (Å²) >= 11 is 0. The van der Waals surface area contributed by atoms with E-state index in [2.05, 4.69) is 76.3 Å². The summed E-state index contributed by atoms with van der Waals surface area (Å²) in [6.45, 7) is 4.88. The van der Waals surface area contributed by atoms with E-state index in [9.17, 15) is 43.2 Å².